The van der Waals surface area contributed by atoms with Crippen LogP contribution in [0.3, 0.4) is 0 Å². The third-order valence-electron chi connectivity index (χ3n) is 7.52. The Balaban J connectivity index is 4.51. The number of carboxylic acids is 1. The van der Waals surface area contributed by atoms with Crippen molar-refractivity contribution in [1.82, 2.24) is 0 Å². The Morgan fingerprint density at radius 1 is 0.689 bits per heavy atom. The lowest BCUT2D eigenvalue weighted by Crippen LogP contribution is -2.50. The zero-order valence-electron chi connectivity index (χ0n) is 29.3. The lowest BCUT2D eigenvalue weighted by Gasteiger charge is -2.31. The van der Waals surface area contributed by atoms with Crippen LogP contribution in [0.25, 0.3) is 0 Å². The molecule has 260 valence electrons. The Labute approximate surface area is 274 Å². The maximum absolute atomic E-state index is 12.5. The van der Waals surface area contributed by atoms with E-state index in [0.29, 0.717) is 19.3 Å². The molecule has 0 amide bonds. The standard InChI is InChI=1S/C37H65NO7/c1-6-8-10-12-14-16-17-18-20-21-23-25-27-35(39)44-32-33(31-43-30-29-34(37(41)42)38(3,4)5)45-36(40)28-26-24-22-19-15-13-11-9-7-2/h8,10,14,16,19,22,33-34H,6-7,9,11-13,15,17-18,20-21,23-32H2,1-5H3/p+1/b10-8+,16-14+,22-19+. The summed E-state index contributed by atoms with van der Waals surface area (Å²) in [4.78, 5) is 36.6. The molecule has 0 fully saturated rings. The fraction of sp³-hybridized carbons (Fsp3) is 0.757. The summed E-state index contributed by atoms with van der Waals surface area (Å²) in [7, 11) is 5.49. The van der Waals surface area contributed by atoms with Gasteiger partial charge in [0.05, 0.1) is 34.4 Å². The molecule has 0 aliphatic carbocycles. The van der Waals surface area contributed by atoms with Crippen LogP contribution < -0.4 is 0 Å². The first-order valence-corrected chi connectivity index (χ1v) is 17.5. The van der Waals surface area contributed by atoms with E-state index < -0.39 is 18.1 Å². The van der Waals surface area contributed by atoms with Gasteiger partial charge in [0.15, 0.2) is 12.1 Å². The largest absolute Gasteiger partial charge is 0.477 e. The van der Waals surface area contributed by atoms with Crippen molar-refractivity contribution in [3.63, 3.8) is 0 Å². The lowest BCUT2D eigenvalue weighted by molar-refractivity contribution is -0.887. The quantitative estimate of drug-likeness (QED) is 0.0366. The number of unbranched alkanes of at least 4 members (excludes halogenated alkanes) is 10. The van der Waals surface area contributed by atoms with E-state index >= 15 is 0 Å². The number of carboxylic acid groups (broad SMARTS) is 1. The molecule has 0 aromatic heterocycles. The Bertz CT molecular complexity index is 844. The summed E-state index contributed by atoms with van der Waals surface area (Å²) in [6.45, 7) is 4.51. The minimum absolute atomic E-state index is 0.0451. The molecule has 0 saturated carbocycles. The SMILES string of the molecule is CC/C=C/C/C=C/CCCCCCCC(=O)OCC(COCCC(C(=O)O)[N+](C)(C)C)OC(=O)CCC/C=C/CCCCCC. The summed E-state index contributed by atoms with van der Waals surface area (Å²) in [5.41, 5.74) is 0. The minimum atomic E-state index is -0.884. The van der Waals surface area contributed by atoms with Crippen LogP contribution in [0.1, 0.15) is 129 Å². The monoisotopic (exact) mass is 636 g/mol. The van der Waals surface area contributed by atoms with E-state index in [9.17, 15) is 19.5 Å². The number of nitrogens with zero attached hydrogens (tertiary/aromatic N) is 1. The van der Waals surface area contributed by atoms with Gasteiger partial charge in [-0.05, 0) is 57.8 Å². The number of carbonyl (C=O) groups is 3. The normalized spacial score (nSPS) is 13.5. The van der Waals surface area contributed by atoms with Gasteiger partial charge in [-0.1, -0.05) is 88.8 Å². The van der Waals surface area contributed by atoms with Crippen molar-refractivity contribution < 1.29 is 38.2 Å². The van der Waals surface area contributed by atoms with Gasteiger partial charge >= 0.3 is 17.9 Å². The number of carbonyl (C=O) groups excluding carboxylic acids is 2. The van der Waals surface area contributed by atoms with Crippen LogP contribution in [0.5, 0.6) is 0 Å². The summed E-state index contributed by atoms with van der Waals surface area (Å²) in [5.74, 6) is -1.54. The van der Waals surface area contributed by atoms with Crippen molar-refractivity contribution in [3.05, 3.63) is 36.5 Å². The molecule has 0 heterocycles. The highest BCUT2D eigenvalue weighted by atomic mass is 16.6. The zero-order chi connectivity index (χ0) is 33.6. The number of hydrogen-bond acceptors (Lipinski definition) is 6. The topological polar surface area (TPSA) is 99.1 Å². The van der Waals surface area contributed by atoms with Crippen LogP contribution in [-0.2, 0) is 28.6 Å². The first-order valence-electron chi connectivity index (χ1n) is 17.5. The van der Waals surface area contributed by atoms with Crippen molar-refractivity contribution in [3.8, 4) is 0 Å². The highest BCUT2D eigenvalue weighted by Crippen LogP contribution is 2.12. The van der Waals surface area contributed by atoms with E-state index in [4.69, 9.17) is 14.2 Å². The Morgan fingerprint density at radius 3 is 1.91 bits per heavy atom. The van der Waals surface area contributed by atoms with Crippen LogP contribution in [0.2, 0.25) is 0 Å². The molecule has 0 aromatic rings. The van der Waals surface area contributed by atoms with Gasteiger partial charge in [-0.25, -0.2) is 4.79 Å². The van der Waals surface area contributed by atoms with Crippen LogP contribution in [0.15, 0.2) is 36.5 Å². The highest BCUT2D eigenvalue weighted by Gasteiger charge is 2.31. The van der Waals surface area contributed by atoms with Gasteiger partial charge < -0.3 is 23.8 Å². The molecular weight excluding hydrogens is 570 g/mol. The predicted molar refractivity (Wildman–Crippen MR) is 183 cm³/mol. The second-order valence-corrected chi connectivity index (χ2v) is 12.7. The van der Waals surface area contributed by atoms with Crippen LogP contribution >= 0.6 is 0 Å². The number of ether oxygens (including phenoxy) is 3. The van der Waals surface area contributed by atoms with E-state index in [1.54, 1.807) is 0 Å². The Hall–Kier alpha value is -2.45. The average Bonchev–Trinajstić information content (AvgIpc) is 2.98. The van der Waals surface area contributed by atoms with E-state index in [1.165, 1.54) is 25.7 Å². The van der Waals surface area contributed by atoms with Gasteiger partial charge in [-0.2, -0.15) is 0 Å². The molecule has 2 atom stereocenters. The first-order chi connectivity index (χ1) is 21.6. The molecule has 0 aliphatic heterocycles. The predicted octanol–water partition coefficient (Wildman–Crippen LogP) is 8.35. The number of hydrogen-bond donors (Lipinski definition) is 1. The van der Waals surface area contributed by atoms with E-state index in [0.717, 1.165) is 64.2 Å². The number of quaternary nitrogens is 1. The molecule has 0 radical (unpaired) electrons. The molecule has 0 spiro atoms. The molecular formula is C37H66NO7+. The van der Waals surface area contributed by atoms with Gasteiger partial charge in [-0.3, -0.25) is 9.59 Å². The van der Waals surface area contributed by atoms with Crippen LogP contribution in [-0.4, -0.2) is 80.6 Å². The summed E-state index contributed by atoms with van der Waals surface area (Å²) < 4.78 is 17.1. The summed E-state index contributed by atoms with van der Waals surface area (Å²) in [5, 5.41) is 9.55. The summed E-state index contributed by atoms with van der Waals surface area (Å²) >= 11 is 0. The molecule has 2 unspecified atom stereocenters. The van der Waals surface area contributed by atoms with E-state index in [-0.39, 0.29) is 42.7 Å². The molecule has 0 bridgehead atoms. The number of rotatable bonds is 30. The van der Waals surface area contributed by atoms with Gasteiger partial charge in [-0.15, -0.1) is 0 Å². The van der Waals surface area contributed by atoms with Crippen molar-refractivity contribution in [2.45, 2.75) is 142 Å². The van der Waals surface area contributed by atoms with Crippen molar-refractivity contribution in [2.24, 2.45) is 0 Å². The molecule has 1 N–H and O–H groups in total. The fourth-order valence-corrected chi connectivity index (χ4v) is 4.78. The number of likely N-dealkylation sites (N-methyl/N-ethyl adjacent to an activating group) is 1. The molecule has 0 aromatic carbocycles. The Kier molecular flexibility index (Phi) is 27.4. The van der Waals surface area contributed by atoms with Gasteiger partial charge in [0, 0.05) is 19.3 Å². The zero-order valence-corrected chi connectivity index (χ0v) is 29.3. The highest BCUT2D eigenvalue weighted by molar-refractivity contribution is 5.72. The molecule has 0 aliphatic rings. The molecule has 8 nitrogen and oxygen atoms in total. The second-order valence-electron chi connectivity index (χ2n) is 12.7. The maximum Gasteiger partial charge on any atom is 0.362 e. The molecule has 45 heavy (non-hydrogen) atoms. The average molecular weight is 637 g/mol. The molecule has 8 heteroatoms. The third-order valence-corrected chi connectivity index (χ3v) is 7.52. The van der Waals surface area contributed by atoms with Crippen molar-refractivity contribution >= 4 is 17.9 Å². The lowest BCUT2D eigenvalue weighted by atomic mass is 10.1. The molecule has 0 saturated heterocycles. The van der Waals surface area contributed by atoms with Gasteiger partial charge in [0.1, 0.15) is 6.61 Å². The van der Waals surface area contributed by atoms with Gasteiger partial charge in [0.25, 0.3) is 0 Å². The number of allylic oxidation sites excluding steroid dienone is 6. The van der Waals surface area contributed by atoms with Crippen molar-refractivity contribution in [1.29, 1.82) is 0 Å². The summed E-state index contributed by atoms with van der Waals surface area (Å²) in [6, 6.07) is -0.618. The molecule has 0 rings (SSSR count). The van der Waals surface area contributed by atoms with E-state index in [2.05, 4.69) is 50.3 Å². The fourth-order valence-electron chi connectivity index (χ4n) is 4.78. The van der Waals surface area contributed by atoms with E-state index in [1.807, 2.05) is 21.1 Å². The smallest absolute Gasteiger partial charge is 0.362 e. The third kappa shape index (κ3) is 27.6. The minimum Gasteiger partial charge on any atom is -0.477 e. The second kappa shape index (κ2) is 29.0. The van der Waals surface area contributed by atoms with Crippen LogP contribution in [0.4, 0.5) is 0 Å². The Morgan fingerprint density at radius 2 is 1.27 bits per heavy atom. The summed E-state index contributed by atoms with van der Waals surface area (Å²) in [6.07, 6.45) is 29.2. The number of aliphatic carboxylic acids is 1. The first kappa shape index (κ1) is 42.6. The maximum atomic E-state index is 12.5. The van der Waals surface area contributed by atoms with Gasteiger partial charge in [0.2, 0.25) is 0 Å². The number of esters is 2. The van der Waals surface area contributed by atoms with Crippen LogP contribution in [0, 0.1) is 0 Å². The van der Waals surface area contributed by atoms with Crippen molar-refractivity contribution in [2.75, 3.05) is 41.0 Å².